The number of halogens is 1. The first-order valence-electron chi connectivity index (χ1n) is 7.80. The topological polar surface area (TPSA) is 61.4 Å². The first-order valence-corrected chi connectivity index (χ1v) is 8.18. The van der Waals surface area contributed by atoms with E-state index in [2.05, 4.69) is 11.4 Å². The molecule has 2 aliphatic rings. The fraction of sp³-hybridized carbons (Fsp3) is 0.588. The number of rotatable bonds is 4. The maximum atomic E-state index is 10.9. The van der Waals surface area contributed by atoms with E-state index in [1.807, 2.05) is 19.1 Å². The third-order valence-electron chi connectivity index (χ3n) is 4.76. The predicted octanol–water partition coefficient (Wildman–Crippen LogP) is -1.18. The zero-order chi connectivity index (χ0) is 15.7. The van der Waals surface area contributed by atoms with E-state index in [0.717, 1.165) is 30.0 Å². The van der Waals surface area contributed by atoms with Gasteiger partial charge in [-0.1, -0.05) is 17.7 Å². The minimum absolute atomic E-state index is 0. The van der Waals surface area contributed by atoms with Gasteiger partial charge in [-0.2, -0.15) is 0 Å². The summed E-state index contributed by atoms with van der Waals surface area (Å²) in [5, 5.41) is 15.2. The summed E-state index contributed by atoms with van der Waals surface area (Å²) in [5.74, 6) is -1.28. The van der Waals surface area contributed by atoms with Crippen LogP contribution in [0.15, 0.2) is 18.2 Å². The summed E-state index contributed by atoms with van der Waals surface area (Å²) in [6, 6.07) is 6.41. The summed E-state index contributed by atoms with van der Waals surface area (Å²) in [7, 11) is 0. The molecule has 1 N–H and O–H groups in total. The molecule has 1 atom stereocenters. The second-order valence-electron chi connectivity index (χ2n) is 6.66. The molecular weight excluding hydrogens is 325 g/mol. The number of nitrogens with one attached hydrogen (secondary N) is 1. The molecular formula is C17H21ClNNaO3. The first-order chi connectivity index (χ1) is 10.5. The number of hydrogen-bond donors (Lipinski definition) is 1. The van der Waals surface area contributed by atoms with E-state index in [1.165, 1.54) is 5.56 Å². The molecule has 2 fully saturated rings. The fourth-order valence-corrected chi connectivity index (χ4v) is 3.98. The van der Waals surface area contributed by atoms with Crippen LogP contribution in [0, 0.1) is 12.8 Å². The summed E-state index contributed by atoms with van der Waals surface area (Å²) in [6.45, 7) is 3.49. The van der Waals surface area contributed by atoms with E-state index in [4.69, 9.17) is 16.3 Å². The molecule has 1 spiro atoms. The van der Waals surface area contributed by atoms with Crippen molar-refractivity contribution in [1.82, 2.24) is 5.32 Å². The van der Waals surface area contributed by atoms with E-state index >= 15 is 0 Å². The molecule has 0 bridgehead atoms. The van der Waals surface area contributed by atoms with Crippen LogP contribution in [0.2, 0.25) is 5.02 Å². The maximum absolute atomic E-state index is 10.9. The van der Waals surface area contributed by atoms with E-state index < -0.39 is 5.97 Å². The Morgan fingerprint density at radius 2 is 2.13 bits per heavy atom. The fourth-order valence-electron chi connectivity index (χ4n) is 3.67. The van der Waals surface area contributed by atoms with Crippen molar-refractivity contribution in [3.05, 3.63) is 34.3 Å². The van der Waals surface area contributed by atoms with Crippen LogP contribution in [-0.2, 0) is 16.1 Å². The normalized spacial score (nSPS) is 29.7. The molecule has 23 heavy (non-hydrogen) atoms. The number of hydrogen-bond acceptors (Lipinski definition) is 4. The average molecular weight is 346 g/mol. The molecule has 1 aliphatic carbocycles. The van der Waals surface area contributed by atoms with Crippen LogP contribution in [0.3, 0.4) is 0 Å². The Kier molecular flexibility index (Phi) is 6.57. The van der Waals surface area contributed by atoms with Gasteiger partial charge in [0.1, 0.15) is 0 Å². The number of carbonyl (C=O) groups is 1. The van der Waals surface area contributed by atoms with Gasteiger partial charge in [-0.3, -0.25) is 0 Å². The average Bonchev–Trinajstić information content (AvgIpc) is 2.41. The van der Waals surface area contributed by atoms with E-state index in [1.54, 1.807) is 0 Å². The molecule has 6 heteroatoms. The molecule has 1 saturated carbocycles. The van der Waals surface area contributed by atoms with Crippen molar-refractivity contribution in [3.8, 4) is 0 Å². The van der Waals surface area contributed by atoms with Crippen molar-refractivity contribution in [2.24, 2.45) is 5.92 Å². The summed E-state index contributed by atoms with van der Waals surface area (Å²) in [6.07, 6.45) is 3.00. The minimum atomic E-state index is -0.946. The Bertz CT molecular complexity index is 555. The standard InChI is InChI=1S/C17H22ClNO3.Na/c1-11-4-12(6-14(18)5-11)10-19-15-2-3-22-17(9-15)7-13(8-17)16(20)21;/h4-6,13,15,19H,2-3,7-10H2,1H3,(H,20,21);/q;+1/p-1. The number of carboxylic acids is 1. The Morgan fingerprint density at radius 3 is 2.78 bits per heavy atom. The van der Waals surface area contributed by atoms with Gasteiger partial charge >= 0.3 is 29.6 Å². The van der Waals surface area contributed by atoms with Gasteiger partial charge in [0.05, 0.1) is 5.60 Å². The zero-order valence-electron chi connectivity index (χ0n) is 13.7. The number of carboxylic acid groups (broad SMARTS) is 1. The van der Waals surface area contributed by atoms with Crippen LogP contribution in [0.5, 0.6) is 0 Å². The molecule has 1 saturated heterocycles. The monoisotopic (exact) mass is 345 g/mol. The van der Waals surface area contributed by atoms with Crippen LogP contribution >= 0.6 is 11.6 Å². The van der Waals surface area contributed by atoms with Crippen molar-refractivity contribution < 1.29 is 44.2 Å². The predicted molar refractivity (Wildman–Crippen MR) is 82.5 cm³/mol. The van der Waals surface area contributed by atoms with E-state index in [0.29, 0.717) is 25.5 Å². The quantitative estimate of drug-likeness (QED) is 0.698. The number of aliphatic carboxylic acids is 1. The summed E-state index contributed by atoms with van der Waals surface area (Å²) < 4.78 is 5.85. The van der Waals surface area contributed by atoms with E-state index in [9.17, 15) is 9.90 Å². The Morgan fingerprint density at radius 1 is 1.39 bits per heavy atom. The van der Waals surface area contributed by atoms with Crippen LogP contribution in [0.1, 0.15) is 36.8 Å². The summed E-state index contributed by atoms with van der Waals surface area (Å²) in [5.41, 5.74) is 2.08. The number of benzene rings is 1. The largest absolute Gasteiger partial charge is 1.00 e. The molecule has 1 aliphatic heterocycles. The third-order valence-corrected chi connectivity index (χ3v) is 4.98. The maximum Gasteiger partial charge on any atom is 1.00 e. The van der Waals surface area contributed by atoms with Crippen LogP contribution < -0.4 is 40.0 Å². The molecule has 3 rings (SSSR count). The van der Waals surface area contributed by atoms with Crippen molar-refractivity contribution >= 4 is 17.6 Å². The first kappa shape index (κ1) is 19.2. The molecule has 0 aromatic heterocycles. The zero-order valence-corrected chi connectivity index (χ0v) is 16.5. The van der Waals surface area contributed by atoms with Crippen molar-refractivity contribution in [1.29, 1.82) is 0 Å². The Hall–Kier alpha value is -0.100. The molecule has 1 aromatic rings. The van der Waals surface area contributed by atoms with Crippen LogP contribution in [-0.4, -0.2) is 24.2 Å². The molecule has 0 amide bonds. The van der Waals surface area contributed by atoms with Gasteiger partial charge in [0.15, 0.2) is 0 Å². The van der Waals surface area contributed by atoms with Crippen molar-refractivity contribution in [3.63, 3.8) is 0 Å². The number of carbonyl (C=O) groups excluding carboxylic acids is 1. The van der Waals surface area contributed by atoms with Gasteiger partial charge in [0.25, 0.3) is 0 Å². The van der Waals surface area contributed by atoms with Crippen LogP contribution in [0.25, 0.3) is 0 Å². The molecule has 1 unspecified atom stereocenters. The molecule has 1 aromatic carbocycles. The van der Waals surface area contributed by atoms with Gasteiger partial charge in [0.2, 0.25) is 0 Å². The molecule has 1 heterocycles. The minimum Gasteiger partial charge on any atom is -0.550 e. The van der Waals surface area contributed by atoms with Gasteiger partial charge in [-0.05, 0) is 55.9 Å². The van der Waals surface area contributed by atoms with Gasteiger partial charge in [-0.15, -0.1) is 0 Å². The SMILES string of the molecule is Cc1cc(Cl)cc(CNC2CCOC3(C2)CC(C(=O)[O-])C3)c1.[Na+]. The molecule has 4 nitrogen and oxygen atoms in total. The second-order valence-corrected chi connectivity index (χ2v) is 7.10. The summed E-state index contributed by atoms with van der Waals surface area (Å²) >= 11 is 6.08. The van der Waals surface area contributed by atoms with E-state index in [-0.39, 0.29) is 41.1 Å². The van der Waals surface area contributed by atoms with Gasteiger partial charge in [-0.25, -0.2) is 0 Å². The number of aryl methyl sites for hydroxylation is 1. The third kappa shape index (κ3) is 4.71. The molecule has 0 radical (unpaired) electrons. The van der Waals surface area contributed by atoms with Crippen molar-refractivity contribution in [2.75, 3.05) is 6.61 Å². The van der Waals surface area contributed by atoms with Gasteiger partial charge < -0.3 is 20.0 Å². The summed E-state index contributed by atoms with van der Waals surface area (Å²) in [4.78, 5) is 10.9. The Balaban J connectivity index is 0.00000192. The number of ether oxygens (including phenoxy) is 1. The van der Waals surface area contributed by atoms with Gasteiger partial charge in [0, 0.05) is 36.1 Å². The Labute approximate surface area is 164 Å². The smallest absolute Gasteiger partial charge is 0.550 e. The second kappa shape index (κ2) is 7.85. The van der Waals surface area contributed by atoms with Crippen molar-refractivity contribution in [2.45, 2.75) is 50.8 Å². The molecule has 120 valence electrons. The van der Waals surface area contributed by atoms with Crippen LogP contribution in [0.4, 0.5) is 0 Å².